The largest absolute Gasteiger partial charge is 0.338 e. The molecule has 2 aliphatic heterocycles. The molecule has 0 aromatic carbocycles. The molecule has 2 aliphatic rings. The molecule has 0 radical (unpaired) electrons. The van der Waals surface area contributed by atoms with E-state index >= 15 is 0 Å². The third kappa shape index (κ3) is 3.13. The average molecular weight is 294 g/mol. The second-order valence-electron chi connectivity index (χ2n) is 5.71. The molecule has 0 unspecified atom stereocenters. The van der Waals surface area contributed by atoms with Gasteiger partial charge in [-0.3, -0.25) is 9.69 Å². The molecular formula is C15H20ClN3O. The number of rotatable bonds is 3. The Bertz CT molecular complexity index is 477. The fraction of sp³-hybridized carbons (Fsp3) is 0.600. The number of carbonyl (C=O) groups is 1. The SMILES string of the molecule is O=C1CCCN1[C@@H]1CCCN(Cc2ccc(Cl)nc2)C1. The molecule has 0 saturated carbocycles. The third-order valence-electron chi connectivity index (χ3n) is 4.23. The van der Waals surface area contributed by atoms with Crippen molar-refractivity contribution < 1.29 is 4.79 Å². The van der Waals surface area contributed by atoms with Crippen molar-refractivity contribution in [2.45, 2.75) is 38.3 Å². The zero-order valence-corrected chi connectivity index (χ0v) is 12.4. The smallest absolute Gasteiger partial charge is 0.222 e. The summed E-state index contributed by atoms with van der Waals surface area (Å²) in [6, 6.07) is 4.27. The maximum atomic E-state index is 11.9. The van der Waals surface area contributed by atoms with Crippen LogP contribution in [0.1, 0.15) is 31.2 Å². The van der Waals surface area contributed by atoms with Crippen LogP contribution in [0.5, 0.6) is 0 Å². The standard InChI is InChI=1S/C15H20ClN3O/c16-14-6-5-12(9-17-14)10-18-7-1-3-13(11-18)19-8-2-4-15(19)20/h5-6,9,13H,1-4,7-8,10-11H2/t13-/m1/s1. The molecule has 1 amide bonds. The highest BCUT2D eigenvalue weighted by Gasteiger charge is 2.31. The molecule has 2 saturated heterocycles. The summed E-state index contributed by atoms with van der Waals surface area (Å²) in [5, 5.41) is 0.535. The van der Waals surface area contributed by atoms with E-state index < -0.39 is 0 Å². The van der Waals surface area contributed by atoms with E-state index in [-0.39, 0.29) is 0 Å². The topological polar surface area (TPSA) is 36.4 Å². The fourth-order valence-electron chi connectivity index (χ4n) is 3.24. The number of hydrogen-bond donors (Lipinski definition) is 0. The van der Waals surface area contributed by atoms with E-state index in [2.05, 4.69) is 14.8 Å². The quantitative estimate of drug-likeness (QED) is 0.803. The normalized spacial score (nSPS) is 24.4. The van der Waals surface area contributed by atoms with Crippen LogP contribution in [0.3, 0.4) is 0 Å². The number of nitrogens with zero attached hydrogens (tertiary/aromatic N) is 3. The minimum atomic E-state index is 0.338. The van der Waals surface area contributed by atoms with Crippen LogP contribution in [0.4, 0.5) is 0 Å². The maximum absolute atomic E-state index is 11.9. The van der Waals surface area contributed by atoms with Crippen molar-refractivity contribution in [3.8, 4) is 0 Å². The molecule has 0 bridgehead atoms. The highest BCUT2D eigenvalue weighted by molar-refractivity contribution is 6.29. The van der Waals surface area contributed by atoms with Crippen LogP contribution >= 0.6 is 11.6 Å². The van der Waals surface area contributed by atoms with Gasteiger partial charge in [0, 0.05) is 38.3 Å². The third-order valence-corrected chi connectivity index (χ3v) is 4.45. The highest BCUT2D eigenvalue weighted by Crippen LogP contribution is 2.22. The van der Waals surface area contributed by atoms with Crippen LogP contribution in [0, 0.1) is 0 Å². The van der Waals surface area contributed by atoms with Crippen LogP contribution in [0.2, 0.25) is 5.15 Å². The van der Waals surface area contributed by atoms with Gasteiger partial charge in [-0.15, -0.1) is 0 Å². The Labute approximate surface area is 124 Å². The lowest BCUT2D eigenvalue weighted by atomic mass is 10.0. The second kappa shape index (κ2) is 6.10. The molecule has 108 valence electrons. The second-order valence-corrected chi connectivity index (χ2v) is 6.10. The molecular weight excluding hydrogens is 274 g/mol. The molecule has 5 heteroatoms. The van der Waals surface area contributed by atoms with Gasteiger partial charge < -0.3 is 4.90 Å². The van der Waals surface area contributed by atoms with Crippen molar-refractivity contribution in [2.75, 3.05) is 19.6 Å². The van der Waals surface area contributed by atoms with Crippen molar-refractivity contribution in [1.82, 2.24) is 14.8 Å². The van der Waals surface area contributed by atoms with E-state index in [9.17, 15) is 4.79 Å². The van der Waals surface area contributed by atoms with E-state index in [0.717, 1.165) is 51.9 Å². The van der Waals surface area contributed by atoms with E-state index in [4.69, 9.17) is 11.6 Å². The number of piperidine rings is 1. The Kier molecular flexibility index (Phi) is 4.22. The predicted octanol–water partition coefficient (Wildman–Crippen LogP) is 2.32. The fourth-order valence-corrected chi connectivity index (χ4v) is 3.35. The number of pyridine rings is 1. The first-order valence-corrected chi connectivity index (χ1v) is 7.72. The highest BCUT2D eigenvalue weighted by atomic mass is 35.5. The zero-order chi connectivity index (χ0) is 13.9. The Balaban J connectivity index is 1.60. The van der Waals surface area contributed by atoms with Crippen molar-refractivity contribution >= 4 is 17.5 Å². The minimum absolute atomic E-state index is 0.338. The molecule has 3 heterocycles. The van der Waals surface area contributed by atoms with Crippen LogP contribution in [0.25, 0.3) is 0 Å². The number of likely N-dealkylation sites (tertiary alicyclic amines) is 2. The summed E-state index contributed by atoms with van der Waals surface area (Å²) in [7, 11) is 0. The molecule has 0 N–H and O–H groups in total. The predicted molar refractivity (Wildman–Crippen MR) is 78.5 cm³/mol. The summed E-state index contributed by atoms with van der Waals surface area (Å²) in [5.41, 5.74) is 1.18. The Morgan fingerprint density at radius 1 is 1.30 bits per heavy atom. The first-order valence-electron chi connectivity index (χ1n) is 7.34. The number of halogens is 1. The molecule has 1 aromatic rings. The summed E-state index contributed by atoms with van der Waals surface area (Å²) >= 11 is 5.81. The maximum Gasteiger partial charge on any atom is 0.222 e. The number of amides is 1. The number of aromatic nitrogens is 1. The van der Waals surface area contributed by atoms with Gasteiger partial charge in [-0.2, -0.15) is 0 Å². The van der Waals surface area contributed by atoms with Gasteiger partial charge in [0.1, 0.15) is 5.15 Å². The molecule has 0 aliphatic carbocycles. The Morgan fingerprint density at radius 2 is 2.20 bits per heavy atom. The lowest BCUT2D eigenvalue weighted by Gasteiger charge is -2.37. The number of hydrogen-bond acceptors (Lipinski definition) is 3. The summed E-state index contributed by atoms with van der Waals surface area (Å²) < 4.78 is 0. The minimum Gasteiger partial charge on any atom is -0.338 e. The van der Waals surface area contributed by atoms with Crippen molar-refractivity contribution in [3.05, 3.63) is 29.0 Å². The van der Waals surface area contributed by atoms with Gasteiger partial charge >= 0.3 is 0 Å². The Morgan fingerprint density at radius 3 is 2.90 bits per heavy atom. The monoisotopic (exact) mass is 293 g/mol. The van der Waals surface area contributed by atoms with Gasteiger partial charge in [-0.25, -0.2) is 4.98 Å². The summed E-state index contributed by atoms with van der Waals surface area (Å²) in [6.45, 7) is 3.91. The molecule has 1 aromatic heterocycles. The van der Waals surface area contributed by atoms with Crippen LogP contribution in [-0.2, 0) is 11.3 Å². The summed E-state index contributed by atoms with van der Waals surface area (Å²) in [4.78, 5) is 20.5. The lowest BCUT2D eigenvalue weighted by Crippen LogP contribution is -2.48. The van der Waals surface area contributed by atoms with Crippen LogP contribution in [0.15, 0.2) is 18.3 Å². The first-order chi connectivity index (χ1) is 9.72. The van der Waals surface area contributed by atoms with Crippen LogP contribution < -0.4 is 0 Å². The van der Waals surface area contributed by atoms with Gasteiger partial charge in [0.05, 0.1) is 0 Å². The summed E-state index contributed by atoms with van der Waals surface area (Å²) in [6.07, 6.45) is 5.90. The van der Waals surface area contributed by atoms with E-state index in [1.807, 2.05) is 18.3 Å². The number of carbonyl (C=O) groups excluding carboxylic acids is 1. The molecule has 4 nitrogen and oxygen atoms in total. The summed E-state index contributed by atoms with van der Waals surface area (Å²) in [5.74, 6) is 0.338. The molecule has 2 fully saturated rings. The van der Waals surface area contributed by atoms with Crippen molar-refractivity contribution in [2.24, 2.45) is 0 Å². The van der Waals surface area contributed by atoms with Gasteiger partial charge in [-0.1, -0.05) is 17.7 Å². The molecule has 20 heavy (non-hydrogen) atoms. The zero-order valence-electron chi connectivity index (χ0n) is 11.6. The van der Waals surface area contributed by atoms with E-state index in [1.54, 1.807) is 0 Å². The van der Waals surface area contributed by atoms with Crippen molar-refractivity contribution in [1.29, 1.82) is 0 Å². The van der Waals surface area contributed by atoms with Crippen LogP contribution in [-0.4, -0.2) is 46.4 Å². The van der Waals surface area contributed by atoms with Gasteiger partial charge in [-0.05, 0) is 37.4 Å². The first kappa shape index (κ1) is 13.8. The Hall–Kier alpha value is -1.13. The van der Waals surface area contributed by atoms with E-state index in [1.165, 1.54) is 5.56 Å². The van der Waals surface area contributed by atoms with Crippen molar-refractivity contribution in [3.63, 3.8) is 0 Å². The lowest BCUT2D eigenvalue weighted by molar-refractivity contribution is -0.130. The molecule has 3 rings (SSSR count). The van der Waals surface area contributed by atoms with Gasteiger partial charge in [0.15, 0.2) is 0 Å². The average Bonchev–Trinajstić information content (AvgIpc) is 2.88. The van der Waals surface area contributed by atoms with Gasteiger partial charge in [0.25, 0.3) is 0 Å². The molecule has 1 atom stereocenters. The molecule has 0 spiro atoms. The van der Waals surface area contributed by atoms with Gasteiger partial charge in [0.2, 0.25) is 5.91 Å². The van der Waals surface area contributed by atoms with E-state index in [0.29, 0.717) is 17.1 Å².